The van der Waals surface area contributed by atoms with Crippen LogP contribution < -0.4 is 4.90 Å². The average Bonchev–Trinajstić information content (AvgIpc) is 3.22. The summed E-state index contributed by atoms with van der Waals surface area (Å²) in [5.41, 5.74) is 0.479. The molecule has 3 heterocycles. The molecule has 0 unspecified atom stereocenters. The quantitative estimate of drug-likeness (QED) is 0.651. The van der Waals surface area contributed by atoms with Gasteiger partial charge in [-0.05, 0) is 37.3 Å². The van der Waals surface area contributed by atoms with Gasteiger partial charge in [0, 0.05) is 49.7 Å². The molecule has 6 nitrogen and oxygen atoms in total. The number of piperazine rings is 1. The van der Waals surface area contributed by atoms with Gasteiger partial charge in [0.15, 0.2) is 0 Å². The lowest BCUT2D eigenvalue weighted by Gasteiger charge is -2.35. The average molecular weight is 416 g/mol. The van der Waals surface area contributed by atoms with Gasteiger partial charge in [-0.2, -0.15) is 0 Å². The number of aryl methyl sites for hydroxylation is 1. The Balaban J connectivity index is 1.48. The second kappa shape index (κ2) is 7.81. The van der Waals surface area contributed by atoms with E-state index in [1.165, 1.54) is 0 Å². The van der Waals surface area contributed by atoms with Crippen LogP contribution in [-0.4, -0.2) is 51.5 Å². The van der Waals surface area contributed by atoms with Crippen molar-refractivity contribution in [2.24, 2.45) is 0 Å². The second-order valence-corrected chi connectivity index (χ2v) is 7.47. The van der Waals surface area contributed by atoms with E-state index in [-0.39, 0.29) is 5.91 Å². The molecular weight excluding hydrogens is 397 g/mol. The summed E-state index contributed by atoms with van der Waals surface area (Å²) in [5.74, 6) is 2.34. The summed E-state index contributed by atoms with van der Waals surface area (Å²) >= 11 is 12.1. The number of rotatable bonds is 3. The maximum atomic E-state index is 12.8. The first-order chi connectivity index (χ1) is 13.5. The summed E-state index contributed by atoms with van der Waals surface area (Å²) in [6.07, 6.45) is 3.91. The molecule has 1 aromatic carbocycles. The maximum absolute atomic E-state index is 12.8. The molecule has 144 valence electrons. The predicted octanol–water partition coefficient (Wildman–Crippen LogP) is 3.84. The molecule has 1 aliphatic heterocycles. The van der Waals surface area contributed by atoms with Gasteiger partial charge in [-0.15, -0.1) is 0 Å². The normalized spacial score (nSPS) is 14.4. The van der Waals surface area contributed by atoms with Crippen molar-refractivity contribution in [2.75, 3.05) is 31.1 Å². The van der Waals surface area contributed by atoms with E-state index in [2.05, 4.69) is 14.9 Å². The second-order valence-electron chi connectivity index (χ2n) is 6.63. The number of hydrogen-bond acceptors (Lipinski definition) is 4. The van der Waals surface area contributed by atoms with Crippen LogP contribution in [0.1, 0.15) is 16.2 Å². The summed E-state index contributed by atoms with van der Waals surface area (Å²) < 4.78 is 1.96. The largest absolute Gasteiger partial charge is 0.353 e. The van der Waals surface area contributed by atoms with Crippen molar-refractivity contribution in [3.63, 3.8) is 0 Å². The molecule has 1 amide bonds. The van der Waals surface area contributed by atoms with Gasteiger partial charge < -0.3 is 14.4 Å². The molecule has 0 N–H and O–H groups in total. The molecule has 0 aliphatic carbocycles. The highest BCUT2D eigenvalue weighted by Crippen LogP contribution is 2.24. The van der Waals surface area contributed by atoms with E-state index in [1.54, 1.807) is 18.2 Å². The molecule has 0 radical (unpaired) electrons. The Bertz CT molecular complexity index is 998. The summed E-state index contributed by atoms with van der Waals surface area (Å²) in [5, 5.41) is 0.895. The van der Waals surface area contributed by atoms with E-state index in [1.807, 2.05) is 47.0 Å². The maximum Gasteiger partial charge on any atom is 0.255 e. The molecule has 8 heteroatoms. The molecule has 0 saturated carbocycles. The predicted molar refractivity (Wildman–Crippen MR) is 111 cm³/mol. The Morgan fingerprint density at radius 3 is 2.32 bits per heavy atom. The number of benzene rings is 1. The number of aromatic nitrogens is 3. The van der Waals surface area contributed by atoms with Crippen molar-refractivity contribution in [1.29, 1.82) is 0 Å². The van der Waals surface area contributed by atoms with Crippen molar-refractivity contribution < 1.29 is 4.79 Å². The van der Waals surface area contributed by atoms with E-state index in [9.17, 15) is 4.79 Å². The van der Waals surface area contributed by atoms with Crippen LogP contribution in [0.2, 0.25) is 10.0 Å². The lowest BCUT2D eigenvalue weighted by Crippen LogP contribution is -2.49. The SMILES string of the molecule is Cc1nc(N2CCN(C(=O)c3ccc(Cl)cc3Cl)CC2)cc(-n2cccc2)n1. The lowest BCUT2D eigenvalue weighted by atomic mass is 10.1. The molecule has 0 atom stereocenters. The van der Waals surface area contributed by atoms with Crippen molar-refractivity contribution in [3.8, 4) is 5.82 Å². The van der Waals surface area contributed by atoms with Gasteiger partial charge in [-0.3, -0.25) is 4.79 Å². The van der Waals surface area contributed by atoms with Gasteiger partial charge in [0.1, 0.15) is 17.5 Å². The highest BCUT2D eigenvalue weighted by molar-refractivity contribution is 6.36. The van der Waals surface area contributed by atoms with Gasteiger partial charge in [0.05, 0.1) is 10.6 Å². The molecule has 1 fully saturated rings. The zero-order chi connectivity index (χ0) is 19.7. The number of halogens is 2. The van der Waals surface area contributed by atoms with Crippen molar-refractivity contribution in [1.82, 2.24) is 19.4 Å². The third-order valence-corrected chi connectivity index (χ3v) is 5.28. The molecular formula is C20H19Cl2N5O. The fourth-order valence-electron chi connectivity index (χ4n) is 3.29. The van der Waals surface area contributed by atoms with Crippen molar-refractivity contribution >= 4 is 34.9 Å². The van der Waals surface area contributed by atoms with Crippen molar-refractivity contribution in [2.45, 2.75) is 6.92 Å². The summed E-state index contributed by atoms with van der Waals surface area (Å²) in [4.78, 5) is 25.9. The van der Waals surface area contributed by atoms with Gasteiger partial charge in [-0.25, -0.2) is 9.97 Å². The Kier molecular flexibility index (Phi) is 5.24. The lowest BCUT2D eigenvalue weighted by molar-refractivity contribution is 0.0746. The Morgan fingerprint density at radius 2 is 1.64 bits per heavy atom. The van der Waals surface area contributed by atoms with E-state index in [4.69, 9.17) is 23.2 Å². The van der Waals surface area contributed by atoms with Crippen LogP contribution >= 0.6 is 23.2 Å². The zero-order valence-electron chi connectivity index (χ0n) is 15.3. The minimum atomic E-state index is -0.0757. The van der Waals surface area contributed by atoms with Gasteiger partial charge in [0.25, 0.3) is 5.91 Å². The number of nitrogens with zero attached hydrogens (tertiary/aromatic N) is 5. The third kappa shape index (κ3) is 3.84. The fraction of sp³-hybridized carbons (Fsp3) is 0.250. The zero-order valence-corrected chi connectivity index (χ0v) is 16.9. The number of carbonyl (C=O) groups is 1. The molecule has 1 aliphatic rings. The number of anilines is 1. The van der Waals surface area contributed by atoms with Gasteiger partial charge in [-0.1, -0.05) is 23.2 Å². The third-order valence-electron chi connectivity index (χ3n) is 4.73. The monoisotopic (exact) mass is 415 g/mol. The van der Waals surface area contributed by atoms with Crippen LogP contribution in [0.15, 0.2) is 48.8 Å². The Hall–Kier alpha value is -2.57. The van der Waals surface area contributed by atoms with Crippen LogP contribution in [0.5, 0.6) is 0 Å². The van der Waals surface area contributed by atoms with E-state index < -0.39 is 0 Å². The van der Waals surface area contributed by atoms with E-state index in [0.29, 0.717) is 47.6 Å². The van der Waals surface area contributed by atoms with Crippen LogP contribution in [0.3, 0.4) is 0 Å². The highest BCUT2D eigenvalue weighted by Gasteiger charge is 2.24. The number of amides is 1. The van der Waals surface area contributed by atoms with Gasteiger partial charge in [0.2, 0.25) is 0 Å². The topological polar surface area (TPSA) is 54.3 Å². The minimum Gasteiger partial charge on any atom is -0.353 e. The number of hydrogen-bond donors (Lipinski definition) is 0. The molecule has 28 heavy (non-hydrogen) atoms. The molecule has 0 spiro atoms. The van der Waals surface area contributed by atoms with Gasteiger partial charge >= 0.3 is 0 Å². The molecule has 0 bridgehead atoms. The first-order valence-electron chi connectivity index (χ1n) is 8.99. The van der Waals surface area contributed by atoms with Crippen LogP contribution in [0, 0.1) is 6.92 Å². The van der Waals surface area contributed by atoms with Crippen LogP contribution in [0.4, 0.5) is 5.82 Å². The Labute approximate surface area is 173 Å². The number of carbonyl (C=O) groups excluding carboxylic acids is 1. The molecule has 3 aromatic rings. The minimum absolute atomic E-state index is 0.0757. The highest BCUT2D eigenvalue weighted by atomic mass is 35.5. The van der Waals surface area contributed by atoms with Crippen molar-refractivity contribution in [3.05, 3.63) is 70.2 Å². The Morgan fingerprint density at radius 1 is 0.964 bits per heavy atom. The smallest absolute Gasteiger partial charge is 0.255 e. The standard InChI is InChI=1S/C20H19Cl2N5O/c1-14-23-18(25-6-2-3-7-25)13-19(24-14)26-8-10-27(11-9-26)20(28)16-5-4-15(21)12-17(16)22/h2-7,12-13H,8-11H2,1H3. The molecule has 4 rings (SSSR count). The molecule has 2 aromatic heterocycles. The first kappa shape index (κ1) is 18.8. The van der Waals surface area contributed by atoms with E-state index >= 15 is 0 Å². The fourth-order valence-corrected chi connectivity index (χ4v) is 3.78. The van der Waals surface area contributed by atoms with Crippen LogP contribution in [0.25, 0.3) is 5.82 Å². The summed E-state index contributed by atoms with van der Waals surface area (Å²) in [7, 11) is 0. The van der Waals surface area contributed by atoms with Crippen LogP contribution in [-0.2, 0) is 0 Å². The first-order valence-corrected chi connectivity index (χ1v) is 9.75. The molecule has 1 saturated heterocycles. The summed E-state index contributed by atoms with van der Waals surface area (Å²) in [6.45, 7) is 4.47. The summed E-state index contributed by atoms with van der Waals surface area (Å²) in [6, 6.07) is 10.9. The van der Waals surface area contributed by atoms with E-state index in [0.717, 1.165) is 11.6 Å².